The van der Waals surface area contributed by atoms with E-state index in [0.717, 1.165) is 42.4 Å². The van der Waals surface area contributed by atoms with Gasteiger partial charge in [-0.15, -0.1) is 0 Å². The molecule has 0 radical (unpaired) electrons. The van der Waals surface area contributed by atoms with E-state index in [1.54, 1.807) is 19.1 Å². The fourth-order valence-corrected chi connectivity index (χ4v) is 7.56. The van der Waals surface area contributed by atoms with Crippen LogP contribution in [0.4, 0.5) is 0 Å². The van der Waals surface area contributed by atoms with E-state index in [4.69, 9.17) is 9.47 Å². The highest BCUT2D eigenvalue weighted by Gasteiger charge is 2.67. The molecule has 7 heteroatoms. The molecule has 1 fully saturated rings. The summed E-state index contributed by atoms with van der Waals surface area (Å²) in [5.41, 5.74) is 0.194. The average molecular weight is 527 g/mol. The lowest BCUT2D eigenvalue weighted by atomic mass is 9.52. The van der Waals surface area contributed by atoms with Crippen LogP contribution in [0.25, 0.3) is 0 Å². The summed E-state index contributed by atoms with van der Waals surface area (Å²) in [6, 6.07) is 0. The van der Waals surface area contributed by atoms with Gasteiger partial charge in [-0.3, -0.25) is 19.2 Å². The van der Waals surface area contributed by atoms with E-state index in [1.165, 1.54) is 0 Å². The number of unbranched alkanes of at least 4 members (excludes halogenated alkanes) is 3. The maximum atomic E-state index is 13.8. The number of hydrogen-bond donors (Lipinski definition) is 1. The number of carbonyl (C=O) groups excluding carboxylic acids is 4. The Balaban J connectivity index is 1.63. The first-order valence-electron chi connectivity index (χ1n) is 14.3. The highest BCUT2D eigenvalue weighted by atomic mass is 16.6. The molecule has 0 aromatic rings. The molecule has 0 amide bonds. The number of carbonyl (C=O) groups is 4. The SMILES string of the molecule is CCCCCCC(=O)OCC(=O)[C@@]1(OC(=O)CC)CC[C@H]2C3=C([C@@H](O)C[C@@]21C)[C@@]1(C)C=CC(=O)C=C1CC3. The van der Waals surface area contributed by atoms with Crippen LogP contribution >= 0.6 is 0 Å². The van der Waals surface area contributed by atoms with E-state index >= 15 is 0 Å². The van der Waals surface area contributed by atoms with Crippen molar-refractivity contribution in [1.82, 2.24) is 0 Å². The number of ether oxygens (including phenoxy) is 2. The van der Waals surface area contributed by atoms with Crippen molar-refractivity contribution in [3.8, 4) is 0 Å². The molecular formula is C31H42O7. The number of esters is 2. The van der Waals surface area contributed by atoms with E-state index in [2.05, 4.69) is 6.92 Å². The van der Waals surface area contributed by atoms with Gasteiger partial charge in [0.1, 0.15) is 0 Å². The molecule has 38 heavy (non-hydrogen) atoms. The lowest BCUT2D eigenvalue weighted by Crippen LogP contribution is -2.59. The molecule has 0 heterocycles. The maximum absolute atomic E-state index is 13.8. The standard InChI is InChI=1S/C31H42O7/c1-5-7-8-9-10-27(36)37-19-25(34)31(38-26(35)6-2)16-14-23-22-12-11-20-17-21(32)13-15-29(20,3)28(22)24(33)18-30(23,31)4/h13,15,17,23-24,33H,5-12,14,16,18-19H2,1-4H3/t23-,24-,29-,30-,31-/m0/s1. The smallest absolute Gasteiger partial charge is 0.306 e. The molecular weight excluding hydrogens is 484 g/mol. The summed E-state index contributed by atoms with van der Waals surface area (Å²) in [4.78, 5) is 50.9. The molecule has 4 aliphatic carbocycles. The van der Waals surface area contributed by atoms with Crippen LogP contribution in [0.15, 0.2) is 34.9 Å². The van der Waals surface area contributed by atoms with Crippen molar-refractivity contribution in [3.05, 3.63) is 34.9 Å². The van der Waals surface area contributed by atoms with Gasteiger partial charge in [0.25, 0.3) is 0 Å². The summed E-state index contributed by atoms with van der Waals surface area (Å²) in [7, 11) is 0. The molecule has 5 atom stereocenters. The highest BCUT2D eigenvalue weighted by Crippen LogP contribution is 2.65. The van der Waals surface area contributed by atoms with Gasteiger partial charge in [0.15, 0.2) is 18.0 Å². The predicted octanol–water partition coefficient (Wildman–Crippen LogP) is 5.10. The fraction of sp³-hybridized carbons (Fsp3) is 0.677. The van der Waals surface area contributed by atoms with Gasteiger partial charge in [-0.2, -0.15) is 0 Å². The number of allylic oxidation sites excluding steroid dienone is 5. The normalized spacial score (nSPS) is 33.7. The number of Topliss-reactive ketones (excluding diaryl/α,β-unsaturated/α-hetero) is 1. The van der Waals surface area contributed by atoms with Crippen LogP contribution in [0.3, 0.4) is 0 Å². The summed E-state index contributed by atoms with van der Waals surface area (Å²) < 4.78 is 11.4. The Morgan fingerprint density at radius 3 is 2.55 bits per heavy atom. The first kappa shape index (κ1) is 28.5. The molecule has 0 aromatic heterocycles. The molecule has 0 bridgehead atoms. The fourth-order valence-electron chi connectivity index (χ4n) is 7.56. The molecule has 4 rings (SSSR count). The molecule has 7 nitrogen and oxygen atoms in total. The molecule has 208 valence electrons. The third-order valence-electron chi connectivity index (χ3n) is 9.61. The summed E-state index contributed by atoms with van der Waals surface area (Å²) in [6.07, 6.45) is 11.0. The van der Waals surface area contributed by atoms with Gasteiger partial charge in [0.2, 0.25) is 5.78 Å². The van der Waals surface area contributed by atoms with Crippen molar-refractivity contribution in [2.45, 2.75) is 110 Å². The number of aliphatic hydroxyl groups excluding tert-OH is 1. The molecule has 0 aliphatic heterocycles. The molecule has 0 saturated heterocycles. The van der Waals surface area contributed by atoms with Crippen LogP contribution in [-0.4, -0.2) is 46.9 Å². The summed E-state index contributed by atoms with van der Waals surface area (Å²) >= 11 is 0. The molecule has 4 aliphatic rings. The summed E-state index contributed by atoms with van der Waals surface area (Å²) in [6.45, 7) is 7.34. The van der Waals surface area contributed by atoms with E-state index in [0.29, 0.717) is 25.7 Å². The number of rotatable bonds is 10. The minimum Gasteiger partial charge on any atom is -0.457 e. The number of ketones is 2. The van der Waals surface area contributed by atoms with Crippen LogP contribution in [0, 0.1) is 16.7 Å². The van der Waals surface area contributed by atoms with Gasteiger partial charge in [0, 0.05) is 23.7 Å². The third-order valence-corrected chi connectivity index (χ3v) is 9.61. The zero-order valence-electron chi connectivity index (χ0n) is 23.3. The second kappa shape index (κ2) is 10.9. The zero-order chi connectivity index (χ0) is 27.7. The van der Waals surface area contributed by atoms with E-state index in [9.17, 15) is 24.3 Å². The van der Waals surface area contributed by atoms with Crippen molar-refractivity contribution in [1.29, 1.82) is 0 Å². The topological polar surface area (TPSA) is 107 Å². The Bertz CT molecular complexity index is 1100. The van der Waals surface area contributed by atoms with Crippen molar-refractivity contribution >= 4 is 23.5 Å². The maximum Gasteiger partial charge on any atom is 0.306 e. The van der Waals surface area contributed by atoms with Crippen LogP contribution < -0.4 is 0 Å². The minimum atomic E-state index is -1.47. The van der Waals surface area contributed by atoms with Gasteiger partial charge >= 0.3 is 11.9 Å². The van der Waals surface area contributed by atoms with Crippen LogP contribution in [0.2, 0.25) is 0 Å². The van der Waals surface area contributed by atoms with Crippen molar-refractivity contribution in [2.24, 2.45) is 16.7 Å². The monoisotopic (exact) mass is 526 g/mol. The quantitative estimate of drug-likeness (QED) is 0.240. The van der Waals surface area contributed by atoms with E-state index in [1.807, 2.05) is 19.9 Å². The van der Waals surface area contributed by atoms with E-state index < -0.39 is 46.9 Å². The predicted molar refractivity (Wildman–Crippen MR) is 142 cm³/mol. The molecule has 0 spiro atoms. The van der Waals surface area contributed by atoms with E-state index in [-0.39, 0.29) is 31.0 Å². The third kappa shape index (κ3) is 4.72. The van der Waals surface area contributed by atoms with Gasteiger partial charge in [-0.1, -0.05) is 57.3 Å². The van der Waals surface area contributed by atoms with Gasteiger partial charge in [-0.25, -0.2) is 0 Å². The first-order valence-corrected chi connectivity index (χ1v) is 14.3. The second-order valence-corrected chi connectivity index (χ2v) is 11.8. The minimum absolute atomic E-state index is 0.0338. The molecule has 0 unspecified atom stereocenters. The van der Waals surface area contributed by atoms with Crippen molar-refractivity contribution < 1.29 is 33.8 Å². The zero-order valence-corrected chi connectivity index (χ0v) is 23.3. The number of hydrogen-bond acceptors (Lipinski definition) is 7. The Labute approximate surface area is 225 Å². The van der Waals surface area contributed by atoms with Gasteiger partial charge in [-0.05, 0) is 69.1 Å². The van der Waals surface area contributed by atoms with Crippen LogP contribution in [0.5, 0.6) is 0 Å². The van der Waals surface area contributed by atoms with Crippen molar-refractivity contribution in [2.75, 3.05) is 6.61 Å². The molecule has 0 aromatic carbocycles. The largest absolute Gasteiger partial charge is 0.457 e. The lowest BCUT2D eigenvalue weighted by Gasteiger charge is -2.53. The molecule has 1 N–H and O–H groups in total. The van der Waals surface area contributed by atoms with Crippen LogP contribution in [-0.2, 0) is 28.7 Å². The Hall–Kier alpha value is -2.54. The number of aliphatic hydroxyl groups is 1. The second-order valence-electron chi connectivity index (χ2n) is 11.8. The highest BCUT2D eigenvalue weighted by molar-refractivity contribution is 6.01. The van der Waals surface area contributed by atoms with Gasteiger partial charge < -0.3 is 14.6 Å². The number of fused-ring (bicyclic) bond motifs is 4. The molecule has 1 saturated carbocycles. The van der Waals surface area contributed by atoms with Crippen molar-refractivity contribution in [3.63, 3.8) is 0 Å². The Morgan fingerprint density at radius 2 is 1.84 bits per heavy atom. The first-order chi connectivity index (χ1) is 18.0. The van der Waals surface area contributed by atoms with Crippen LogP contribution in [0.1, 0.15) is 98.3 Å². The van der Waals surface area contributed by atoms with Gasteiger partial charge in [0.05, 0.1) is 6.10 Å². The average Bonchev–Trinajstić information content (AvgIpc) is 3.17. The summed E-state index contributed by atoms with van der Waals surface area (Å²) in [5.74, 6) is -1.40. The Morgan fingerprint density at radius 1 is 1.08 bits per heavy atom. The lowest BCUT2D eigenvalue weighted by molar-refractivity contribution is -0.187. The Kier molecular flexibility index (Phi) is 8.17. The summed E-state index contributed by atoms with van der Waals surface area (Å²) in [5, 5.41) is 11.6.